The van der Waals surface area contributed by atoms with E-state index >= 15 is 0 Å². The van der Waals surface area contributed by atoms with Crippen LogP contribution in [-0.2, 0) is 0 Å². The van der Waals surface area contributed by atoms with E-state index in [2.05, 4.69) is 12.1 Å². The minimum Gasteiger partial charge on any atom is -0.494 e. The van der Waals surface area contributed by atoms with Gasteiger partial charge in [-0.3, -0.25) is 0 Å². The van der Waals surface area contributed by atoms with Gasteiger partial charge in [0.1, 0.15) is 5.75 Å². The molecule has 0 aliphatic heterocycles. The zero-order chi connectivity index (χ0) is 20.2. The summed E-state index contributed by atoms with van der Waals surface area (Å²) >= 11 is 0. The highest BCUT2D eigenvalue weighted by Gasteiger charge is 2.19. The number of hydrogen-bond acceptors (Lipinski definition) is 1. The zero-order valence-electron chi connectivity index (χ0n) is 16.8. The maximum Gasteiger partial charge on any atom is 0.167 e. The molecule has 3 aromatic carbocycles. The van der Waals surface area contributed by atoms with Gasteiger partial charge in [0.25, 0.3) is 0 Å². The molecule has 0 radical (unpaired) electrons. The Balaban J connectivity index is 1.58. The summed E-state index contributed by atoms with van der Waals surface area (Å²) in [6.45, 7) is 2.67. The minimum absolute atomic E-state index is 0.260. The van der Waals surface area contributed by atoms with Gasteiger partial charge in [-0.1, -0.05) is 68.3 Å². The molecule has 0 N–H and O–H groups in total. The summed E-state index contributed by atoms with van der Waals surface area (Å²) < 4.78 is 35.3. The third kappa shape index (κ3) is 4.19. The summed E-state index contributed by atoms with van der Waals surface area (Å²) in [5, 5.41) is 0. The quantitative estimate of drug-likeness (QED) is 0.417. The maximum absolute atomic E-state index is 14.9. The lowest BCUT2D eigenvalue weighted by Crippen LogP contribution is -1.96. The van der Waals surface area contributed by atoms with Crippen LogP contribution in [0.2, 0.25) is 0 Å². The van der Waals surface area contributed by atoms with E-state index in [1.807, 2.05) is 19.1 Å². The first kappa shape index (κ1) is 19.6. The third-order valence-electron chi connectivity index (χ3n) is 5.77. The molecule has 29 heavy (non-hydrogen) atoms. The Hall–Kier alpha value is -2.68. The van der Waals surface area contributed by atoms with Gasteiger partial charge in [0.15, 0.2) is 11.6 Å². The predicted molar refractivity (Wildman–Crippen MR) is 114 cm³/mol. The number of benzene rings is 3. The summed E-state index contributed by atoms with van der Waals surface area (Å²) in [7, 11) is 0. The number of halogens is 2. The van der Waals surface area contributed by atoms with Gasteiger partial charge >= 0.3 is 0 Å². The maximum atomic E-state index is 14.9. The van der Waals surface area contributed by atoms with Gasteiger partial charge in [-0.25, -0.2) is 8.78 Å². The lowest BCUT2D eigenvalue weighted by molar-refractivity contribution is 0.317. The molecule has 150 valence electrons. The van der Waals surface area contributed by atoms with Crippen LogP contribution in [0.4, 0.5) is 8.78 Å². The molecule has 1 aliphatic carbocycles. The topological polar surface area (TPSA) is 9.23 Å². The van der Waals surface area contributed by atoms with Crippen LogP contribution in [0.1, 0.15) is 50.5 Å². The zero-order valence-corrected chi connectivity index (χ0v) is 16.8. The van der Waals surface area contributed by atoms with Crippen LogP contribution in [-0.4, -0.2) is 6.61 Å². The molecule has 0 aromatic heterocycles. The molecule has 0 bridgehead atoms. The predicted octanol–water partition coefficient (Wildman–Crippen LogP) is 7.75. The molecule has 3 heteroatoms. The molecule has 3 aromatic rings. The van der Waals surface area contributed by atoms with Crippen molar-refractivity contribution >= 4 is 0 Å². The van der Waals surface area contributed by atoms with Crippen molar-refractivity contribution in [3.63, 3.8) is 0 Å². The Bertz CT molecular complexity index is 955. The van der Waals surface area contributed by atoms with E-state index < -0.39 is 11.6 Å². The van der Waals surface area contributed by atoms with Crippen LogP contribution < -0.4 is 4.74 Å². The molecule has 0 spiro atoms. The molecule has 1 fully saturated rings. The number of hydrogen-bond donors (Lipinski definition) is 0. The van der Waals surface area contributed by atoms with Gasteiger partial charge in [0.2, 0.25) is 0 Å². The average Bonchev–Trinajstić information content (AvgIpc) is 3.30. The molecule has 0 saturated heterocycles. The van der Waals surface area contributed by atoms with E-state index in [9.17, 15) is 8.78 Å². The molecular formula is C26H26F2O. The Morgan fingerprint density at radius 1 is 0.759 bits per heavy atom. The van der Waals surface area contributed by atoms with Gasteiger partial charge in [0.05, 0.1) is 6.61 Å². The Morgan fingerprint density at radius 3 is 1.79 bits per heavy atom. The largest absolute Gasteiger partial charge is 0.494 e. The van der Waals surface area contributed by atoms with Crippen LogP contribution >= 0.6 is 0 Å². The molecule has 4 rings (SSSR count). The van der Waals surface area contributed by atoms with E-state index in [1.54, 1.807) is 36.4 Å². The lowest BCUT2D eigenvalue weighted by atomic mass is 9.94. The van der Waals surface area contributed by atoms with Gasteiger partial charge < -0.3 is 4.74 Å². The van der Waals surface area contributed by atoms with Gasteiger partial charge in [-0.05, 0) is 54.0 Å². The van der Waals surface area contributed by atoms with Crippen molar-refractivity contribution in [3.8, 4) is 28.0 Å². The van der Waals surface area contributed by atoms with Gasteiger partial charge in [-0.15, -0.1) is 0 Å². The smallest absolute Gasteiger partial charge is 0.167 e. The van der Waals surface area contributed by atoms with Gasteiger partial charge in [-0.2, -0.15) is 0 Å². The third-order valence-corrected chi connectivity index (χ3v) is 5.77. The second kappa shape index (κ2) is 8.77. The fraction of sp³-hybridized carbons (Fsp3) is 0.308. The first-order valence-electron chi connectivity index (χ1n) is 10.5. The van der Waals surface area contributed by atoms with E-state index in [4.69, 9.17) is 4.74 Å². The summed E-state index contributed by atoms with van der Waals surface area (Å²) in [6, 6.07) is 18.4. The van der Waals surface area contributed by atoms with Gasteiger partial charge in [0, 0.05) is 11.1 Å². The molecule has 0 unspecified atom stereocenters. The molecule has 0 atom stereocenters. The SMILES string of the molecule is CCCOc1ccc(-c2ccc(-c3ccc(C4CCCC4)cc3)c(F)c2F)cc1. The Kier molecular flexibility index (Phi) is 5.94. The van der Waals surface area contributed by atoms with Crippen LogP contribution in [0.3, 0.4) is 0 Å². The van der Waals surface area contributed by atoms with E-state index in [0.29, 0.717) is 29.2 Å². The Labute approximate surface area is 171 Å². The normalized spacial score (nSPS) is 14.3. The first-order chi connectivity index (χ1) is 14.2. The minimum atomic E-state index is -0.815. The summed E-state index contributed by atoms with van der Waals surface area (Å²) in [6.07, 6.45) is 5.92. The molecule has 0 heterocycles. The van der Waals surface area contributed by atoms with Crippen molar-refractivity contribution in [3.05, 3.63) is 77.9 Å². The van der Waals surface area contributed by atoms with Crippen LogP contribution in [0.5, 0.6) is 5.75 Å². The molecule has 0 amide bonds. The van der Waals surface area contributed by atoms with Crippen molar-refractivity contribution in [2.45, 2.75) is 44.9 Å². The average molecular weight is 392 g/mol. The number of ether oxygens (including phenoxy) is 1. The van der Waals surface area contributed by atoms with E-state index in [-0.39, 0.29) is 5.56 Å². The molecule has 1 nitrogen and oxygen atoms in total. The van der Waals surface area contributed by atoms with Crippen molar-refractivity contribution in [2.24, 2.45) is 0 Å². The van der Waals surface area contributed by atoms with E-state index in [1.165, 1.54) is 31.2 Å². The Morgan fingerprint density at radius 2 is 1.28 bits per heavy atom. The highest BCUT2D eigenvalue weighted by Crippen LogP contribution is 2.36. The lowest BCUT2D eigenvalue weighted by Gasteiger charge is -2.12. The fourth-order valence-corrected chi connectivity index (χ4v) is 4.14. The molecular weight excluding hydrogens is 366 g/mol. The monoisotopic (exact) mass is 392 g/mol. The highest BCUT2D eigenvalue weighted by molar-refractivity contribution is 5.72. The van der Waals surface area contributed by atoms with Crippen molar-refractivity contribution in [1.82, 2.24) is 0 Å². The second-order valence-corrected chi connectivity index (χ2v) is 7.76. The van der Waals surface area contributed by atoms with Crippen molar-refractivity contribution in [2.75, 3.05) is 6.61 Å². The van der Waals surface area contributed by atoms with Crippen LogP contribution in [0.25, 0.3) is 22.3 Å². The highest BCUT2D eigenvalue weighted by atomic mass is 19.2. The summed E-state index contributed by atoms with van der Waals surface area (Å²) in [5.41, 5.74) is 3.20. The van der Waals surface area contributed by atoms with Crippen LogP contribution in [0, 0.1) is 11.6 Å². The molecule has 1 aliphatic rings. The summed E-state index contributed by atoms with van der Waals surface area (Å²) in [5.74, 6) is -0.278. The molecule has 1 saturated carbocycles. The summed E-state index contributed by atoms with van der Waals surface area (Å²) in [4.78, 5) is 0. The fourth-order valence-electron chi connectivity index (χ4n) is 4.14. The van der Waals surface area contributed by atoms with Crippen molar-refractivity contribution in [1.29, 1.82) is 0 Å². The number of rotatable bonds is 6. The second-order valence-electron chi connectivity index (χ2n) is 7.76. The standard InChI is InChI=1S/C26H26F2O/c1-2-17-29-22-13-11-21(12-14-22)24-16-15-23(25(27)26(24)28)20-9-7-19(8-10-20)18-5-3-4-6-18/h7-16,18H,2-6,17H2,1H3. The first-order valence-corrected chi connectivity index (χ1v) is 10.5. The van der Waals surface area contributed by atoms with Crippen molar-refractivity contribution < 1.29 is 13.5 Å². The van der Waals surface area contributed by atoms with E-state index in [0.717, 1.165) is 12.2 Å². The van der Waals surface area contributed by atoms with Crippen LogP contribution in [0.15, 0.2) is 60.7 Å².